The summed E-state index contributed by atoms with van der Waals surface area (Å²) in [6.07, 6.45) is 0.656. The number of hydrogen-bond donors (Lipinski definition) is 2. The second-order valence-electron chi connectivity index (χ2n) is 6.20. The van der Waals surface area contributed by atoms with Crippen molar-refractivity contribution < 1.29 is 9.90 Å². The van der Waals surface area contributed by atoms with Crippen molar-refractivity contribution in [1.29, 1.82) is 0 Å². The summed E-state index contributed by atoms with van der Waals surface area (Å²) in [5.41, 5.74) is 5.19. The third kappa shape index (κ3) is 5.23. The van der Waals surface area contributed by atoms with Crippen LogP contribution >= 0.6 is 11.8 Å². The van der Waals surface area contributed by atoms with Crippen molar-refractivity contribution in [2.75, 3.05) is 5.75 Å². The van der Waals surface area contributed by atoms with Crippen LogP contribution in [-0.2, 0) is 11.3 Å². The summed E-state index contributed by atoms with van der Waals surface area (Å²) in [6.45, 7) is 4.69. The van der Waals surface area contributed by atoms with Crippen LogP contribution in [0.1, 0.15) is 25.8 Å². The number of phenols is 1. The molecule has 8 heteroatoms. The van der Waals surface area contributed by atoms with E-state index >= 15 is 0 Å². The van der Waals surface area contributed by atoms with Gasteiger partial charge in [0.05, 0.1) is 11.5 Å². The number of carbonyl (C=O) groups excluding carboxylic acids is 1. The SMILES string of the molecule is CC/C(=N/NC(=O)CSc1nnc(-c2ccccc2)n1CC)c1ccc(O)cc1. The molecule has 0 fully saturated rings. The van der Waals surface area contributed by atoms with Gasteiger partial charge in [0, 0.05) is 12.1 Å². The van der Waals surface area contributed by atoms with Gasteiger partial charge >= 0.3 is 0 Å². The number of thioether (sulfide) groups is 1. The fraction of sp³-hybridized carbons (Fsp3) is 0.238. The summed E-state index contributed by atoms with van der Waals surface area (Å²) >= 11 is 1.33. The third-order valence-electron chi connectivity index (χ3n) is 4.25. The van der Waals surface area contributed by atoms with Gasteiger partial charge in [0.1, 0.15) is 5.75 Å². The van der Waals surface area contributed by atoms with E-state index in [2.05, 4.69) is 20.7 Å². The molecule has 0 aliphatic carbocycles. The van der Waals surface area contributed by atoms with Gasteiger partial charge in [-0.15, -0.1) is 10.2 Å². The Morgan fingerprint density at radius 2 is 1.83 bits per heavy atom. The smallest absolute Gasteiger partial charge is 0.250 e. The maximum absolute atomic E-state index is 12.3. The highest BCUT2D eigenvalue weighted by Gasteiger charge is 2.14. The van der Waals surface area contributed by atoms with E-state index in [0.717, 1.165) is 22.7 Å². The number of nitrogens with one attached hydrogen (secondary N) is 1. The number of rotatable bonds is 8. The summed E-state index contributed by atoms with van der Waals surface area (Å²) in [5, 5.41) is 22.8. The van der Waals surface area contributed by atoms with E-state index < -0.39 is 0 Å². The number of phenolic OH excluding ortho intramolecular Hbond substituents is 1. The Hall–Kier alpha value is -3.13. The third-order valence-corrected chi connectivity index (χ3v) is 5.22. The first-order valence-electron chi connectivity index (χ1n) is 9.38. The maximum atomic E-state index is 12.3. The Labute approximate surface area is 173 Å². The van der Waals surface area contributed by atoms with Crippen LogP contribution in [0.2, 0.25) is 0 Å². The first-order chi connectivity index (χ1) is 14.1. The molecule has 29 heavy (non-hydrogen) atoms. The number of aromatic hydroxyl groups is 1. The number of hydrazone groups is 1. The molecule has 0 bridgehead atoms. The Morgan fingerprint density at radius 1 is 1.10 bits per heavy atom. The minimum absolute atomic E-state index is 0.184. The molecule has 0 unspecified atom stereocenters. The molecule has 150 valence electrons. The number of amides is 1. The van der Waals surface area contributed by atoms with Crippen molar-refractivity contribution in [3.63, 3.8) is 0 Å². The monoisotopic (exact) mass is 409 g/mol. The maximum Gasteiger partial charge on any atom is 0.250 e. The van der Waals surface area contributed by atoms with Gasteiger partial charge in [0.15, 0.2) is 11.0 Å². The van der Waals surface area contributed by atoms with E-state index in [-0.39, 0.29) is 17.4 Å². The molecule has 0 aliphatic heterocycles. The van der Waals surface area contributed by atoms with E-state index in [9.17, 15) is 9.90 Å². The first kappa shape index (κ1) is 20.6. The summed E-state index contributed by atoms with van der Waals surface area (Å²) < 4.78 is 1.99. The van der Waals surface area contributed by atoms with Crippen LogP contribution in [0.5, 0.6) is 5.75 Å². The number of carbonyl (C=O) groups is 1. The lowest BCUT2D eigenvalue weighted by Gasteiger charge is -2.07. The second-order valence-corrected chi connectivity index (χ2v) is 7.14. The van der Waals surface area contributed by atoms with Gasteiger partial charge in [-0.1, -0.05) is 49.0 Å². The van der Waals surface area contributed by atoms with E-state index in [1.165, 1.54) is 11.8 Å². The number of aromatic nitrogens is 3. The van der Waals surface area contributed by atoms with Crippen LogP contribution in [0.25, 0.3) is 11.4 Å². The van der Waals surface area contributed by atoms with Crippen molar-refractivity contribution in [3.8, 4) is 17.1 Å². The van der Waals surface area contributed by atoms with Crippen LogP contribution in [0, 0.1) is 0 Å². The van der Waals surface area contributed by atoms with Gasteiger partial charge < -0.3 is 9.67 Å². The lowest BCUT2D eigenvalue weighted by molar-refractivity contribution is -0.118. The van der Waals surface area contributed by atoms with Gasteiger partial charge in [0.25, 0.3) is 5.91 Å². The number of benzene rings is 2. The molecule has 0 atom stereocenters. The Kier molecular flexibility index (Phi) is 7.02. The lowest BCUT2D eigenvalue weighted by atomic mass is 10.1. The average molecular weight is 410 g/mol. The van der Waals surface area contributed by atoms with Gasteiger partial charge in [-0.3, -0.25) is 4.79 Å². The van der Waals surface area contributed by atoms with E-state index in [4.69, 9.17) is 0 Å². The normalized spacial score (nSPS) is 11.4. The average Bonchev–Trinajstić information content (AvgIpc) is 3.17. The topological polar surface area (TPSA) is 92.4 Å². The highest BCUT2D eigenvalue weighted by atomic mass is 32.2. The molecule has 0 saturated carbocycles. The molecule has 0 saturated heterocycles. The zero-order valence-electron chi connectivity index (χ0n) is 16.4. The minimum atomic E-state index is -0.216. The fourth-order valence-electron chi connectivity index (χ4n) is 2.78. The van der Waals surface area contributed by atoms with Crippen molar-refractivity contribution in [1.82, 2.24) is 20.2 Å². The zero-order valence-corrected chi connectivity index (χ0v) is 17.2. The molecule has 2 aromatic carbocycles. The quantitative estimate of drug-likeness (QED) is 0.336. The predicted octanol–water partition coefficient (Wildman–Crippen LogP) is 3.69. The zero-order chi connectivity index (χ0) is 20.6. The van der Waals surface area contributed by atoms with Crippen LogP contribution in [0.3, 0.4) is 0 Å². The molecular weight excluding hydrogens is 386 g/mol. The minimum Gasteiger partial charge on any atom is -0.508 e. The summed E-state index contributed by atoms with van der Waals surface area (Å²) in [7, 11) is 0. The molecule has 2 N–H and O–H groups in total. The summed E-state index contributed by atoms with van der Waals surface area (Å²) in [6, 6.07) is 16.6. The molecule has 3 aromatic rings. The van der Waals surface area contributed by atoms with Crippen molar-refractivity contribution in [2.24, 2.45) is 5.10 Å². The summed E-state index contributed by atoms with van der Waals surface area (Å²) in [5.74, 6) is 0.948. The molecule has 1 heterocycles. The largest absolute Gasteiger partial charge is 0.508 e. The Bertz CT molecular complexity index is 984. The van der Waals surface area contributed by atoms with Crippen molar-refractivity contribution in [2.45, 2.75) is 32.0 Å². The number of nitrogens with zero attached hydrogens (tertiary/aromatic N) is 4. The molecule has 0 radical (unpaired) electrons. The van der Waals surface area contributed by atoms with Crippen molar-refractivity contribution in [3.05, 3.63) is 60.2 Å². The van der Waals surface area contributed by atoms with Crippen LogP contribution < -0.4 is 5.43 Å². The lowest BCUT2D eigenvalue weighted by Crippen LogP contribution is -2.22. The van der Waals surface area contributed by atoms with Gasteiger partial charge in [-0.05, 0) is 43.2 Å². The first-order valence-corrected chi connectivity index (χ1v) is 10.4. The van der Waals surface area contributed by atoms with Crippen molar-refractivity contribution >= 4 is 23.4 Å². The second kappa shape index (κ2) is 9.88. The van der Waals surface area contributed by atoms with E-state index in [1.54, 1.807) is 24.3 Å². The molecule has 3 rings (SSSR count). The fourth-order valence-corrected chi connectivity index (χ4v) is 3.57. The standard InChI is InChI=1S/C21H23N5O2S/c1-3-18(15-10-12-17(27)13-11-15)22-23-19(28)14-29-21-25-24-20(26(21)4-2)16-8-6-5-7-9-16/h5-13,27H,3-4,14H2,1-2H3,(H,23,28)/b22-18-. The highest BCUT2D eigenvalue weighted by Crippen LogP contribution is 2.23. The molecule has 1 amide bonds. The van der Waals surface area contributed by atoms with Gasteiger partial charge in [-0.25, -0.2) is 5.43 Å². The van der Waals surface area contributed by atoms with Crippen LogP contribution in [0.4, 0.5) is 0 Å². The van der Waals surface area contributed by atoms with Crippen LogP contribution in [0.15, 0.2) is 64.9 Å². The van der Waals surface area contributed by atoms with E-state index in [1.807, 2.05) is 48.7 Å². The summed E-state index contributed by atoms with van der Waals surface area (Å²) in [4.78, 5) is 12.3. The van der Waals surface area contributed by atoms with Crippen LogP contribution in [-0.4, -0.2) is 37.2 Å². The Balaban J connectivity index is 1.63. The van der Waals surface area contributed by atoms with Gasteiger partial charge in [-0.2, -0.15) is 5.10 Å². The number of hydrogen-bond acceptors (Lipinski definition) is 6. The molecule has 7 nitrogen and oxygen atoms in total. The molecule has 0 aliphatic rings. The Morgan fingerprint density at radius 3 is 2.48 bits per heavy atom. The highest BCUT2D eigenvalue weighted by molar-refractivity contribution is 7.99. The molecule has 1 aromatic heterocycles. The van der Waals surface area contributed by atoms with E-state index in [0.29, 0.717) is 18.1 Å². The molecular formula is C21H23N5O2S. The predicted molar refractivity (Wildman–Crippen MR) is 115 cm³/mol. The molecule has 0 spiro atoms. The van der Waals surface area contributed by atoms with Gasteiger partial charge in [0.2, 0.25) is 0 Å².